The maximum atomic E-state index is 4.42. The molecule has 0 aromatic carbocycles. The van der Waals surface area contributed by atoms with Crippen LogP contribution in [0, 0.1) is 0 Å². The van der Waals surface area contributed by atoms with E-state index in [4.69, 9.17) is 0 Å². The second kappa shape index (κ2) is 3.75. The Morgan fingerprint density at radius 3 is 2.93 bits per heavy atom. The topological polar surface area (TPSA) is 42.2 Å². The van der Waals surface area contributed by atoms with Gasteiger partial charge < -0.3 is 5.32 Å². The average molecular weight is 190 g/mol. The molecule has 14 heavy (non-hydrogen) atoms. The first-order valence-electron chi connectivity index (χ1n) is 4.82. The van der Waals surface area contributed by atoms with Gasteiger partial charge in [0, 0.05) is 6.54 Å². The van der Waals surface area contributed by atoms with E-state index < -0.39 is 0 Å². The summed E-state index contributed by atoms with van der Waals surface area (Å²) in [6.45, 7) is 2.88. The standard InChI is InChI=1S/C10H14N4/c1-3-8-4-5-10-12-9(6-11-2)7-14(10)13-8/h4-5,7,11H,3,6H2,1-2H3. The van der Waals surface area contributed by atoms with E-state index in [0.717, 1.165) is 30.0 Å². The molecular weight excluding hydrogens is 176 g/mol. The van der Waals surface area contributed by atoms with Crippen LogP contribution in [-0.2, 0) is 13.0 Å². The molecule has 0 spiro atoms. The Balaban J connectivity index is 2.43. The lowest BCUT2D eigenvalue weighted by molar-refractivity contribution is 0.794. The Morgan fingerprint density at radius 2 is 2.21 bits per heavy atom. The van der Waals surface area contributed by atoms with Crippen molar-refractivity contribution in [1.82, 2.24) is 19.9 Å². The van der Waals surface area contributed by atoms with Crippen molar-refractivity contribution in [3.8, 4) is 0 Å². The number of imidazole rings is 1. The molecule has 0 saturated carbocycles. The van der Waals surface area contributed by atoms with Crippen LogP contribution < -0.4 is 5.32 Å². The van der Waals surface area contributed by atoms with Gasteiger partial charge in [-0.05, 0) is 25.6 Å². The van der Waals surface area contributed by atoms with Crippen LogP contribution in [0.3, 0.4) is 0 Å². The Bertz CT molecular complexity index is 433. The smallest absolute Gasteiger partial charge is 0.153 e. The van der Waals surface area contributed by atoms with Gasteiger partial charge in [0.25, 0.3) is 0 Å². The van der Waals surface area contributed by atoms with Crippen LogP contribution in [0.25, 0.3) is 5.65 Å². The fourth-order valence-corrected chi connectivity index (χ4v) is 1.43. The molecule has 2 aromatic rings. The predicted octanol–water partition coefficient (Wildman–Crippen LogP) is 1.01. The van der Waals surface area contributed by atoms with Crippen LogP contribution in [0.2, 0.25) is 0 Å². The maximum absolute atomic E-state index is 4.42. The molecule has 0 saturated heterocycles. The van der Waals surface area contributed by atoms with E-state index in [1.807, 2.05) is 29.9 Å². The zero-order chi connectivity index (χ0) is 9.97. The Labute approximate surface area is 83.0 Å². The van der Waals surface area contributed by atoms with Crippen molar-refractivity contribution >= 4 is 5.65 Å². The number of aromatic nitrogens is 3. The molecule has 4 heteroatoms. The summed E-state index contributed by atoms with van der Waals surface area (Å²) in [6.07, 6.45) is 2.92. The van der Waals surface area contributed by atoms with Gasteiger partial charge in [-0.1, -0.05) is 6.92 Å². The van der Waals surface area contributed by atoms with Gasteiger partial charge >= 0.3 is 0 Å². The van der Waals surface area contributed by atoms with E-state index in [0.29, 0.717) is 0 Å². The third-order valence-corrected chi connectivity index (χ3v) is 2.15. The highest BCUT2D eigenvalue weighted by atomic mass is 15.2. The van der Waals surface area contributed by atoms with Gasteiger partial charge in [0.05, 0.1) is 17.6 Å². The number of rotatable bonds is 3. The van der Waals surface area contributed by atoms with Crippen molar-refractivity contribution in [2.75, 3.05) is 7.05 Å². The number of hydrogen-bond acceptors (Lipinski definition) is 3. The fourth-order valence-electron chi connectivity index (χ4n) is 1.43. The number of nitrogens with one attached hydrogen (secondary N) is 1. The van der Waals surface area contributed by atoms with Gasteiger partial charge in [-0.25, -0.2) is 9.50 Å². The molecule has 74 valence electrons. The van der Waals surface area contributed by atoms with Crippen LogP contribution in [0.5, 0.6) is 0 Å². The summed E-state index contributed by atoms with van der Waals surface area (Å²) in [4.78, 5) is 4.42. The summed E-state index contributed by atoms with van der Waals surface area (Å²) in [5.41, 5.74) is 3.02. The van der Waals surface area contributed by atoms with E-state index in [-0.39, 0.29) is 0 Å². The zero-order valence-corrected chi connectivity index (χ0v) is 8.49. The van der Waals surface area contributed by atoms with Gasteiger partial charge in [-0.3, -0.25) is 0 Å². The molecule has 0 fully saturated rings. The zero-order valence-electron chi connectivity index (χ0n) is 8.49. The fraction of sp³-hybridized carbons (Fsp3) is 0.400. The summed E-state index contributed by atoms with van der Waals surface area (Å²) in [5, 5.41) is 7.49. The van der Waals surface area contributed by atoms with Gasteiger partial charge in [0.15, 0.2) is 5.65 Å². The lowest BCUT2D eigenvalue weighted by Crippen LogP contribution is -2.04. The highest BCUT2D eigenvalue weighted by Gasteiger charge is 2.01. The Morgan fingerprint density at radius 1 is 1.36 bits per heavy atom. The number of fused-ring (bicyclic) bond motifs is 1. The van der Waals surface area contributed by atoms with Crippen LogP contribution in [-0.4, -0.2) is 21.6 Å². The van der Waals surface area contributed by atoms with E-state index >= 15 is 0 Å². The minimum atomic E-state index is 0.783. The minimum absolute atomic E-state index is 0.783. The van der Waals surface area contributed by atoms with Crippen LogP contribution in [0.4, 0.5) is 0 Å². The molecule has 0 amide bonds. The molecule has 4 nitrogen and oxygen atoms in total. The van der Waals surface area contributed by atoms with Crippen LogP contribution >= 0.6 is 0 Å². The molecule has 2 rings (SSSR count). The molecule has 1 N–H and O–H groups in total. The third kappa shape index (κ3) is 1.61. The normalized spacial score (nSPS) is 11.0. The number of nitrogens with zero attached hydrogens (tertiary/aromatic N) is 3. The third-order valence-electron chi connectivity index (χ3n) is 2.15. The second-order valence-electron chi connectivity index (χ2n) is 3.24. The summed E-state index contributed by atoms with van der Waals surface area (Å²) >= 11 is 0. The maximum Gasteiger partial charge on any atom is 0.153 e. The van der Waals surface area contributed by atoms with Crippen molar-refractivity contribution in [3.05, 3.63) is 29.7 Å². The molecular formula is C10H14N4. The second-order valence-corrected chi connectivity index (χ2v) is 3.24. The van der Waals surface area contributed by atoms with Gasteiger partial charge in [-0.2, -0.15) is 5.10 Å². The molecule has 0 unspecified atom stereocenters. The molecule has 2 heterocycles. The Kier molecular flexibility index (Phi) is 2.45. The van der Waals surface area contributed by atoms with Crippen molar-refractivity contribution in [2.24, 2.45) is 0 Å². The molecule has 0 atom stereocenters. The summed E-state index contributed by atoms with van der Waals surface area (Å²) in [6, 6.07) is 4.02. The quantitative estimate of drug-likeness (QED) is 0.785. The minimum Gasteiger partial charge on any atom is -0.314 e. The molecule has 0 aliphatic rings. The first-order valence-corrected chi connectivity index (χ1v) is 4.82. The molecule has 0 aliphatic heterocycles. The summed E-state index contributed by atoms with van der Waals surface area (Å²) < 4.78 is 1.84. The summed E-state index contributed by atoms with van der Waals surface area (Å²) in [5.74, 6) is 0. The molecule has 0 bridgehead atoms. The predicted molar refractivity (Wildman–Crippen MR) is 55.1 cm³/mol. The highest BCUT2D eigenvalue weighted by Crippen LogP contribution is 2.04. The van der Waals surface area contributed by atoms with E-state index in [2.05, 4.69) is 22.3 Å². The van der Waals surface area contributed by atoms with E-state index in [1.54, 1.807) is 0 Å². The Hall–Kier alpha value is -1.42. The van der Waals surface area contributed by atoms with Gasteiger partial charge in [0.2, 0.25) is 0 Å². The average Bonchev–Trinajstić information content (AvgIpc) is 2.59. The molecule has 0 radical (unpaired) electrons. The van der Waals surface area contributed by atoms with Gasteiger partial charge in [-0.15, -0.1) is 0 Å². The van der Waals surface area contributed by atoms with Crippen molar-refractivity contribution in [3.63, 3.8) is 0 Å². The van der Waals surface area contributed by atoms with Crippen LogP contribution in [0.1, 0.15) is 18.3 Å². The monoisotopic (exact) mass is 190 g/mol. The number of aryl methyl sites for hydroxylation is 1. The molecule has 0 aliphatic carbocycles. The van der Waals surface area contributed by atoms with E-state index in [1.165, 1.54) is 0 Å². The SMILES string of the molecule is CCc1ccc2nc(CNC)cn2n1. The van der Waals surface area contributed by atoms with Gasteiger partial charge in [0.1, 0.15) is 0 Å². The molecule has 2 aromatic heterocycles. The highest BCUT2D eigenvalue weighted by molar-refractivity contribution is 5.38. The van der Waals surface area contributed by atoms with E-state index in [9.17, 15) is 0 Å². The lowest BCUT2D eigenvalue weighted by atomic mass is 10.3. The lowest BCUT2D eigenvalue weighted by Gasteiger charge is -1.95. The number of hydrogen-bond donors (Lipinski definition) is 1. The van der Waals surface area contributed by atoms with Crippen molar-refractivity contribution < 1.29 is 0 Å². The first kappa shape index (κ1) is 9.15. The van der Waals surface area contributed by atoms with Crippen molar-refractivity contribution in [2.45, 2.75) is 19.9 Å². The largest absolute Gasteiger partial charge is 0.314 e. The van der Waals surface area contributed by atoms with Crippen LogP contribution in [0.15, 0.2) is 18.3 Å². The summed E-state index contributed by atoms with van der Waals surface area (Å²) in [7, 11) is 1.91. The first-order chi connectivity index (χ1) is 6.83. The van der Waals surface area contributed by atoms with Crippen molar-refractivity contribution in [1.29, 1.82) is 0 Å².